The highest BCUT2D eigenvalue weighted by Gasteiger charge is 2.16. The summed E-state index contributed by atoms with van der Waals surface area (Å²) in [6.07, 6.45) is 1.79. The SMILES string of the molecule is COc1ccc(OCc2nnc(SCc3ccccn3)n2-c2ccc(C)c(Cl)c2)cc1. The average molecular weight is 453 g/mol. The van der Waals surface area contributed by atoms with Crippen LogP contribution in [0.2, 0.25) is 5.02 Å². The van der Waals surface area contributed by atoms with Crippen LogP contribution in [0, 0.1) is 6.92 Å². The topological polar surface area (TPSA) is 62.1 Å². The molecule has 0 aliphatic heterocycles. The molecule has 4 aromatic rings. The second-order valence-corrected chi connectivity index (χ2v) is 8.09. The molecule has 0 atom stereocenters. The van der Waals surface area contributed by atoms with Gasteiger partial charge >= 0.3 is 0 Å². The number of rotatable bonds is 8. The van der Waals surface area contributed by atoms with Gasteiger partial charge in [0.25, 0.3) is 0 Å². The van der Waals surface area contributed by atoms with Crippen LogP contribution in [0.4, 0.5) is 0 Å². The van der Waals surface area contributed by atoms with Crippen LogP contribution < -0.4 is 9.47 Å². The molecule has 6 nitrogen and oxygen atoms in total. The molecule has 0 radical (unpaired) electrons. The van der Waals surface area contributed by atoms with Gasteiger partial charge in [-0.25, -0.2) is 0 Å². The lowest BCUT2D eigenvalue weighted by molar-refractivity contribution is 0.292. The number of thioether (sulfide) groups is 1. The van der Waals surface area contributed by atoms with Gasteiger partial charge < -0.3 is 9.47 Å². The Hall–Kier alpha value is -3.03. The fraction of sp³-hybridized carbons (Fsp3) is 0.174. The van der Waals surface area contributed by atoms with Gasteiger partial charge in [-0.05, 0) is 61.0 Å². The maximum atomic E-state index is 6.40. The average Bonchev–Trinajstić information content (AvgIpc) is 3.22. The molecule has 0 amide bonds. The predicted molar refractivity (Wildman–Crippen MR) is 122 cm³/mol. The Balaban J connectivity index is 1.60. The minimum atomic E-state index is 0.259. The molecule has 0 aliphatic carbocycles. The number of aromatic nitrogens is 4. The van der Waals surface area contributed by atoms with Crippen molar-refractivity contribution in [3.63, 3.8) is 0 Å². The first-order valence-electron chi connectivity index (χ1n) is 9.64. The van der Waals surface area contributed by atoms with Crippen molar-refractivity contribution < 1.29 is 9.47 Å². The summed E-state index contributed by atoms with van der Waals surface area (Å²) in [6.45, 7) is 2.23. The number of hydrogen-bond acceptors (Lipinski definition) is 6. The molecular formula is C23H21ClN4O2S. The van der Waals surface area contributed by atoms with Crippen LogP contribution >= 0.6 is 23.4 Å². The summed E-state index contributed by atoms with van der Waals surface area (Å²) < 4.78 is 13.1. The molecule has 0 spiro atoms. The summed E-state index contributed by atoms with van der Waals surface area (Å²) in [4.78, 5) is 4.38. The molecule has 0 fully saturated rings. The van der Waals surface area contributed by atoms with Gasteiger partial charge in [-0.1, -0.05) is 35.5 Å². The molecule has 0 unspecified atom stereocenters. The zero-order valence-corrected chi connectivity index (χ0v) is 18.7. The largest absolute Gasteiger partial charge is 0.497 e. The number of halogens is 1. The molecule has 158 valence electrons. The van der Waals surface area contributed by atoms with E-state index >= 15 is 0 Å². The maximum absolute atomic E-state index is 6.40. The quantitative estimate of drug-likeness (QED) is 0.329. The van der Waals surface area contributed by atoms with Gasteiger partial charge in [-0.15, -0.1) is 10.2 Å². The Kier molecular flexibility index (Phi) is 6.74. The van der Waals surface area contributed by atoms with E-state index in [-0.39, 0.29) is 6.61 Å². The first kappa shape index (κ1) is 21.2. The summed E-state index contributed by atoms with van der Waals surface area (Å²) in [5.41, 5.74) is 2.87. The number of hydrogen-bond donors (Lipinski definition) is 0. The summed E-state index contributed by atoms with van der Waals surface area (Å²) in [5, 5.41) is 10.2. The van der Waals surface area contributed by atoms with Crippen molar-refractivity contribution in [3.05, 3.63) is 89.0 Å². The Morgan fingerprint density at radius 1 is 1.00 bits per heavy atom. The molecule has 2 heterocycles. The maximum Gasteiger partial charge on any atom is 0.196 e. The van der Waals surface area contributed by atoms with Crippen LogP contribution in [0.3, 0.4) is 0 Å². The third-order valence-electron chi connectivity index (χ3n) is 4.62. The van der Waals surface area contributed by atoms with E-state index in [1.807, 2.05) is 72.2 Å². The molecule has 2 aromatic carbocycles. The van der Waals surface area contributed by atoms with E-state index in [4.69, 9.17) is 21.1 Å². The lowest BCUT2D eigenvalue weighted by atomic mass is 10.2. The van der Waals surface area contributed by atoms with E-state index in [0.717, 1.165) is 33.6 Å². The molecule has 0 bridgehead atoms. The molecule has 0 saturated carbocycles. The minimum Gasteiger partial charge on any atom is -0.497 e. The number of pyridine rings is 1. The van der Waals surface area contributed by atoms with Gasteiger partial charge in [0.1, 0.15) is 18.1 Å². The van der Waals surface area contributed by atoms with Gasteiger partial charge in [-0.3, -0.25) is 9.55 Å². The van der Waals surface area contributed by atoms with Crippen LogP contribution in [0.15, 0.2) is 72.0 Å². The van der Waals surface area contributed by atoms with Crippen molar-refractivity contribution >= 4 is 23.4 Å². The van der Waals surface area contributed by atoms with Gasteiger partial charge in [0.05, 0.1) is 18.5 Å². The highest BCUT2D eigenvalue weighted by atomic mass is 35.5. The van der Waals surface area contributed by atoms with Crippen molar-refractivity contribution in [2.45, 2.75) is 24.4 Å². The van der Waals surface area contributed by atoms with Crippen molar-refractivity contribution in [1.82, 2.24) is 19.7 Å². The van der Waals surface area contributed by atoms with E-state index in [1.54, 1.807) is 25.1 Å². The second-order valence-electron chi connectivity index (χ2n) is 6.74. The molecule has 0 aliphatic rings. The molecule has 31 heavy (non-hydrogen) atoms. The number of nitrogens with zero attached hydrogens (tertiary/aromatic N) is 4. The molecule has 0 N–H and O–H groups in total. The van der Waals surface area contributed by atoms with Crippen LogP contribution in [0.1, 0.15) is 17.1 Å². The third-order valence-corrected chi connectivity index (χ3v) is 5.99. The summed E-state index contributed by atoms with van der Waals surface area (Å²) in [6, 6.07) is 19.2. The molecule has 4 rings (SSSR count). The molecular weight excluding hydrogens is 432 g/mol. The van der Waals surface area contributed by atoms with Crippen LogP contribution in [-0.2, 0) is 12.4 Å². The Bertz CT molecular complexity index is 1150. The second kappa shape index (κ2) is 9.85. The molecule has 8 heteroatoms. The van der Waals surface area contributed by atoms with Crippen molar-refractivity contribution in [2.24, 2.45) is 0 Å². The van der Waals surface area contributed by atoms with E-state index in [0.29, 0.717) is 16.6 Å². The Labute approximate surface area is 190 Å². The minimum absolute atomic E-state index is 0.259. The highest BCUT2D eigenvalue weighted by Crippen LogP contribution is 2.28. The van der Waals surface area contributed by atoms with Crippen LogP contribution in [0.25, 0.3) is 5.69 Å². The lowest BCUT2D eigenvalue weighted by Crippen LogP contribution is -2.07. The standard InChI is InChI=1S/C23H21ClN4O2S/c1-16-6-7-18(13-21(16)24)28-22(14-30-20-10-8-19(29-2)9-11-20)26-27-23(28)31-15-17-5-3-4-12-25-17/h3-13H,14-15H2,1-2H3. The number of ether oxygens (including phenoxy) is 2. The van der Waals surface area contributed by atoms with Gasteiger partial charge in [0, 0.05) is 17.0 Å². The van der Waals surface area contributed by atoms with E-state index in [2.05, 4.69) is 15.2 Å². The Morgan fingerprint density at radius 2 is 1.81 bits per heavy atom. The fourth-order valence-corrected chi connectivity index (χ4v) is 3.97. The number of benzene rings is 2. The normalized spacial score (nSPS) is 10.8. The van der Waals surface area contributed by atoms with Crippen LogP contribution in [-0.4, -0.2) is 26.9 Å². The summed E-state index contributed by atoms with van der Waals surface area (Å²) in [7, 11) is 1.63. The molecule has 2 aromatic heterocycles. The monoisotopic (exact) mass is 452 g/mol. The zero-order valence-electron chi connectivity index (χ0n) is 17.2. The fourth-order valence-electron chi connectivity index (χ4n) is 2.91. The summed E-state index contributed by atoms with van der Waals surface area (Å²) >= 11 is 7.96. The van der Waals surface area contributed by atoms with Gasteiger partial charge in [-0.2, -0.15) is 0 Å². The first-order valence-corrected chi connectivity index (χ1v) is 11.0. The van der Waals surface area contributed by atoms with Gasteiger partial charge in [0.2, 0.25) is 0 Å². The van der Waals surface area contributed by atoms with E-state index in [9.17, 15) is 0 Å². The predicted octanol–water partition coefficient (Wildman–Crippen LogP) is 5.50. The zero-order chi connectivity index (χ0) is 21.6. The van der Waals surface area contributed by atoms with E-state index < -0.39 is 0 Å². The van der Waals surface area contributed by atoms with Crippen molar-refractivity contribution in [1.29, 1.82) is 0 Å². The number of aryl methyl sites for hydroxylation is 1. The van der Waals surface area contributed by atoms with Gasteiger partial charge in [0.15, 0.2) is 11.0 Å². The molecule has 0 saturated heterocycles. The van der Waals surface area contributed by atoms with Crippen molar-refractivity contribution in [3.8, 4) is 17.2 Å². The van der Waals surface area contributed by atoms with E-state index in [1.165, 1.54) is 0 Å². The highest BCUT2D eigenvalue weighted by molar-refractivity contribution is 7.98. The van der Waals surface area contributed by atoms with Crippen LogP contribution in [0.5, 0.6) is 11.5 Å². The lowest BCUT2D eigenvalue weighted by Gasteiger charge is -2.12. The first-order chi connectivity index (χ1) is 15.1. The third kappa shape index (κ3) is 5.18. The smallest absolute Gasteiger partial charge is 0.196 e. The number of methoxy groups -OCH3 is 1. The Morgan fingerprint density at radius 3 is 2.52 bits per heavy atom. The van der Waals surface area contributed by atoms with Crippen molar-refractivity contribution in [2.75, 3.05) is 7.11 Å². The summed E-state index contributed by atoms with van der Waals surface area (Å²) in [5.74, 6) is 2.86.